The van der Waals surface area contributed by atoms with E-state index in [0.29, 0.717) is 12.3 Å². The Morgan fingerprint density at radius 2 is 2.17 bits per heavy atom. The second-order valence-corrected chi connectivity index (χ2v) is 6.80. The molecule has 0 radical (unpaired) electrons. The van der Waals surface area contributed by atoms with E-state index in [0.717, 1.165) is 32.1 Å². The number of nitrogens with one attached hydrogen (secondary N) is 2. The zero-order valence-corrected chi connectivity index (χ0v) is 14.1. The third-order valence-corrected chi connectivity index (χ3v) is 5.56. The molecule has 2 saturated carbocycles. The summed E-state index contributed by atoms with van der Waals surface area (Å²) in [4.78, 5) is 23.1. The largest absolute Gasteiger partial charge is 0.378 e. The molecular formula is C16H24N4O4. The van der Waals surface area contributed by atoms with Gasteiger partial charge < -0.3 is 10.1 Å². The second kappa shape index (κ2) is 6.51. The quantitative estimate of drug-likeness (QED) is 0.634. The number of H-pyrrole nitrogens is 1. The van der Waals surface area contributed by atoms with Gasteiger partial charge in [0.25, 0.3) is 5.91 Å². The molecule has 2 aliphatic rings. The van der Waals surface area contributed by atoms with Crippen molar-refractivity contribution >= 4 is 11.6 Å². The van der Waals surface area contributed by atoms with E-state index in [1.807, 2.05) is 6.92 Å². The first-order chi connectivity index (χ1) is 11.5. The fourth-order valence-corrected chi connectivity index (χ4v) is 4.30. The van der Waals surface area contributed by atoms with Crippen LogP contribution in [0.15, 0.2) is 0 Å². The number of ether oxygens (including phenoxy) is 1. The lowest BCUT2D eigenvalue weighted by Crippen LogP contribution is -2.65. The summed E-state index contributed by atoms with van der Waals surface area (Å²) in [5.74, 6) is -0.476. The molecule has 8 heteroatoms. The predicted octanol–water partition coefficient (Wildman–Crippen LogP) is 2.48. The Balaban J connectivity index is 1.76. The SMILES string of the molecule is CCO[C@@H]1C[C@H](NC(=O)c2n[nH]c(C)c2[N+](=O)[O-])C12CCCCC2. The van der Waals surface area contributed by atoms with Crippen LogP contribution in [0.1, 0.15) is 61.6 Å². The van der Waals surface area contributed by atoms with E-state index in [9.17, 15) is 14.9 Å². The van der Waals surface area contributed by atoms with Crippen LogP contribution in [0.2, 0.25) is 0 Å². The zero-order valence-electron chi connectivity index (χ0n) is 14.1. The van der Waals surface area contributed by atoms with Gasteiger partial charge in [0.05, 0.1) is 11.0 Å². The van der Waals surface area contributed by atoms with Gasteiger partial charge in [0.2, 0.25) is 5.69 Å². The van der Waals surface area contributed by atoms with Crippen LogP contribution in [-0.4, -0.2) is 39.8 Å². The number of aryl methyl sites for hydroxylation is 1. The Morgan fingerprint density at radius 1 is 1.46 bits per heavy atom. The molecule has 1 amide bonds. The molecule has 24 heavy (non-hydrogen) atoms. The summed E-state index contributed by atoms with van der Waals surface area (Å²) in [5, 5.41) is 20.5. The molecule has 2 fully saturated rings. The number of rotatable bonds is 5. The Morgan fingerprint density at radius 3 is 2.79 bits per heavy atom. The van der Waals surface area contributed by atoms with Gasteiger partial charge >= 0.3 is 5.69 Å². The van der Waals surface area contributed by atoms with Gasteiger partial charge in [-0.2, -0.15) is 5.10 Å². The van der Waals surface area contributed by atoms with Gasteiger partial charge in [-0.15, -0.1) is 0 Å². The molecule has 132 valence electrons. The van der Waals surface area contributed by atoms with E-state index in [4.69, 9.17) is 4.74 Å². The summed E-state index contributed by atoms with van der Waals surface area (Å²) in [7, 11) is 0. The minimum Gasteiger partial charge on any atom is -0.378 e. The number of aromatic amines is 1. The fourth-order valence-electron chi connectivity index (χ4n) is 4.30. The maximum atomic E-state index is 12.5. The standard InChI is InChI=1S/C16H24N4O4/c1-3-24-12-9-11(16(12)7-5-4-6-8-16)17-15(21)13-14(20(22)23)10(2)18-19-13/h11-12H,3-9H2,1-2H3,(H,17,21)(H,18,19)/t11-,12+/m0/s1. The van der Waals surface area contributed by atoms with Gasteiger partial charge in [0.1, 0.15) is 5.69 Å². The van der Waals surface area contributed by atoms with E-state index >= 15 is 0 Å². The van der Waals surface area contributed by atoms with Crippen molar-refractivity contribution in [1.82, 2.24) is 15.5 Å². The number of nitrogens with zero attached hydrogens (tertiary/aromatic N) is 2. The number of hydrogen-bond acceptors (Lipinski definition) is 5. The molecule has 2 N–H and O–H groups in total. The predicted molar refractivity (Wildman–Crippen MR) is 86.8 cm³/mol. The maximum Gasteiger partial charge on any atom is 0.322 e. The third-order valence-electron chi connectivity index (χ3n) is 5.56. The first-order valence-electron chi connectivity index (χ1n) is 8.61. The Labute approximate surface area is 140 Å². The fraction of sp³-hybridized carbons (Fsp3) is 0.750. The number of aromatic nitrogens is 2. The highest BCUT2D eigenvalue weighted by atomic mass is 16.6. The van der Waals surface area contributed by atoms with Crippen molar-refractivity contribution in [3.63, 3.8) is 0 Å². The molecule has 0 aliphatic heterocycles. The number of amides is 1. The van der Waals surface area contributed by atoms with E-state index < -0.39 is 10.8 Å². The molecule has 2 atom stereocenters. The van der Waals surface area contributed by atoms with E-state index in [1.54, 1.807) is 6.92 Å². The first-order valence-corrected chi connectivity index (χ1v) is 8.61. The van der Waals surface area contributed by atoms with Crippen molar-refractivity contribution in [2.75, 3.05) is 6.61 Å². The number of nitro groups is 1. The van der Waals surface area contributed by atoms with Crippen LogP contribution in [0.25, 0.3) is 0 Å². The van der Waals surface area contributed by atoms with Crippen LogP contribution in [0.5, 0.6) is 0 Å². The lowest BCUT2D eigenvalue weighted by molar-refractivity contribution is -0.385. The molecule has 2 aliphatic carbocycles. The normalized spacial score (nSPS) is 25.2. The molecule has 0 unspecified atom stereocenters. The van der Waals surface area contributed by atoms with Crippen molar-refractivity contribution < 1.29 is 14.5 Å². The summed E-state index contributed by atoms with van der Waals surface area (Å²) < 4.78 is 5.87. The van der Waals surface area contributed by atoms with Gasteiger partial charge in [-0.25, -0.2) is 0 Å². The van der Waals surface area contributed by atoms with Crippen LogP contribution < -0.4 is 5.32 Å². The zero-order chi connectivity index (χ0) is 17.3. The van der Waals surface area contributed by atoms with Crippen LogP contribution in [0.3, 0.4) is 0 Å². The van der Waals surface area contributed by atoms with Crippen molar-refractivity contribution in [3.8, 4) is 0 Å². The highest BCUT2D eigenvalue weighted by Gasteiger charge is 2.56. The van der Waals surface area contributed by atoms with Crippen LogP contribution in [0.4, 0.5) is 5.69 Å². The first kappa shape index (κ1) is 16.9. The number of carbonyl (C=O) groups is 1. The molecule has 8 nitrogen and oxygen atoms in total. The monoisotopic (exact) mass is 336 g/mol. The minimum absolute atomic E-state index is 0.00143. The Kier molecular flexibility index (Phi) is 4.58. The Hall–Kier alpha value is -1.96. The third kappa shape index (κ3) is 2.68. The van der Waals surface area contributed by atoms with Crippen LogP contribution >= 0.6 is 0 Å². The topological polar surface area (TPSA) is 110 Å². The van der Waals surface area contributed by atoms with Crippen LogP contribution in [-0.2, 0) is 4.74 Å². The molecule has 1 spiro atoms. The molecule has 1 heterocycles. The highest BCUT2D eigenvalue weighted by molar-refractivity contribution is 5.96. The average Bonchev–Trinajstić information content (AvgIpc) is 2.96. The van der Waals surface area contributed by atoms with E-state index in [2.05, 4.69) is 15.5 Å². The highest BCUT2D eigenvalue weighted by Crippen LogP contribution is 2.53. The smallest absolute Gasteiger partial charge is 0.322 e. The lowest BCUT2D eigenvalue weighted by atomic mass is 9.55. The Bertz CT molecular complexity index is 636. The molecule has 3 rings (SSSR count). The summed E-state index contributed by atoms with van der Waals surface area (Å²) in [6.07, 6.45) is 6.48. The summed E-state index contributed by atoms with van der Waals surface area (Å²) in [6, 6.07) is -0.00143. The summed E-state index contributed by atoms with van der Waals surface area (Å²) in [5.41, 5.74) is -0.114. The van der Waals surface area contributed by atoms with E-state index in [-0.39, 0.29) is 28.9 Å². The number of hydrogen-bond donors (Lipinski definition) is 2. The number of carbonyl (C=O) groups excluding carboxylic acids is 1. The summed E-state index contributed by atoms with van der Waals surface area (Å²) in [6.45, 7) is 4.19. The van der Waals surface area contributed by atoms with Gasteiger partial charge in [0.15, 0.2) is 0 Å². The second-order valence-electron chi connectivity index (χ2n) is 6.80. The van der Waals surface area contributed by atoms with Crippen molar-refractivity contribution in [3.05, 3.63) is 21.5 Å². The van der Waals surface area contributed by atoms with Crippen molar-refractivity contribution in [2.24, 2.45) is 5.41 Å². The van der Waals surface area contributed by atoms with Crippen LogP contribution in [0, 0.1) is 22.5 Å². The maximum absolute atomic E-state index is 12.5. The van der Waals surface area contributed by atoms with Gasteiger partial charge in [-0.05, 0) is 33.1 Å². The molecule has 1 aromatic rings. The average molecular weight is 336 g/mol. The molecule has 0 aromatic carbocycles. The lowest BCUT2D eigenvalue weighted by Gasteiger charge is -2.57. The van der Waals surface area contributed by atoms with E-state index in [1.165, 1.54) is 6.42 Å². The molecule has 1 aromatic heterocycles. The molecular weight excluding hydrogens is 312 g/mol. The minimum atomic E-state index is -0.562. The molecule has 0 saturated heterocycles. The molecule has 0 bridgehead atoms. The van der Waals surface area contributed by atoms with Crippen molar-refractivity contribution in [2.45, 2.75) is 64.5 Å². The van der Waals surface area contributed by atoms with Gasteiger partial charge in [-0.3, -0.25) is 20.0 Å². The van der Waals surface area contributed by atoms with Crippen molar-refractivity contribution in [1.29, 1.82) is 0 Å². The summed E-state index contributed by atoms with van der Waals surface area (Å²) >= 11 is 0. The van der Waals surface area contributed by atoms with Gasteiger partial charge in [-0.1, -0.05) is 19.3 Å². The van der Waals surface area contributed by atoms with Gasteiger partial charge in [0, 0.05) is 18.1 Å².